The molecule has 142 valence electrons. The molecule has 0 bridgehead atoms. The third-order valence-electron chi connectivity index (χ3n) is 3.41. The number of carbonyl (C=O) groups is 2. The summed E-state index contributed by atoms with van der Waals surface area (Å²) in [5.74, 6) is -0.984. The molecule has 2 aromatic rings. The minimum absolute atomic E-state index is 0.265. The maximum atomic E-state index is 11.3. The Morgan fingerprint density at radius 3 is 2.48 bits per heavy atom. The molecule has 0 aromatic heterocycles. The second kappa shape index (κ2) is 9.64. The molecule has 0 saturated carbocycles. The molecular formula is C20H20ClNO5. The first-order chi connectivity index (χ1) is 12.9. The second-order valence-corrected chi connectivity index (χ2v) is 5.99. The van der Waals surface area contributed by atoms with Gasteiger partial charge in [0.1, 0.15) is 12.3 Å². The van der Waals surface area contributed by atoms with Crippen LogP contribution in [0.15, 0.2) is 48.2 Å². The van der Waals surface area contributed by atoms with Gasteiger partial charge in [-0.15, -0.1) is 0 Å². The molecule has 2 rings (SSSR count). The van der Waals surface area contributed by atoms with Crippen LogP contribution in [0, 0.1) is 0 Å². The Morgan fingerprint density at radius 2 is 1.89 bits per heavy atom. The van der Waals surface area contributed by atoms with E-state index in [0.717, 1.165) is 5.56 Å². The molecular weight excluding hydrogens is 370 g/mol. The van der Waals surface area contributed by atoms with Crippen LogP contribution >= 0.6 is 11.6 Å². The van der Waals surface area contributed by atoms with Gasteiger partial charge in [-0.3, -0.25) is 4.79 Å². The number of rotatable bonds is 8. The van der Waals surface area contributed by atoms with Crippen LogP contribution in [0.1, 0.15) is 25.0 Å². The van der Waals surface area contributed by atoms with Crippen molar-refractivity contribution < 1.29 is 24.2 Å². The zero-order valence-corrected chi connectivity index (χ0v) is 15.7. The Balaban J connectivity index is 2.34. The number of nitrogens with one attached hydrogen (secondary N) is 1. The highest BCUT2D eigenvalue weighted by molar-refractivity contribution is 6.32. The maximum Gasteiger partial charge on any atom is 0.352 e. The Bertz CT molecular complexity index is 849. The average Bonchev–Trinajstić information content (AvgIpc) is 2.61. The molecule has 0 aliphatic heterocycles. The number of carboxylic acid groups (broad SMARTS) is 1. The SMILES string of the molecule is CCOc1cc(/C=C(/NC(C)=O)C(=O)O)cc(Cl)c1OCc1ccccc1. The smallest absolute Gasteiger partial charge is 0.352 e. The quantitative estimate of drug-likeness (QED) is 0.669. The van der Waals surface area contributed by atoms with E-state index in [1.54, 1.807) is 12.1 Å². The fourth-order valence-corrected chi connectivity index (χ4v) is 2.59. The van der Waals surface area contributed by atoms with E-state index in [1.807, 2.05) is 37.3 Å². The van der Waals surface area contributed by atoms with E-state index < -0.39 is 11.9 Å². The van der Waals surface area contributed by atoms with Crippen molar-refractivity contribution in [2.24, 2.45) is 0 Å². The Morgan fingerprint density at radius 1 is 1.19 bits per heavy atom. The summed E-state index contributed by atoms with van der Waals surface area (Å²) in [6.07, 6.45) is 1.30. The highest BCUT2D eigenvalue weighted by Gasteiger charge is 2.15. The van der Waals surface area contributed by atoms with Crippen molar-refractivity contribution in [2.45, 2.75) is 20.5 Å². The number of halogens is 1. The summed E-state index contributed by atoms with van der Waals surface area (Å²) in [4.78, 5) is 22.5. The van der Waals surface area contributed by atoms with Gasteiger partial charge in [0, 0.05) is 6.92 Å². The van der Waals surface area contributed by atoms with Crippen molar-refractivity contribution in [3.8, 4) is 11.5 Å². The molecule has 0 radical (unpaired) electrons. The molecule has 0 aliphatic carbocycles. The standard InChI is InChI=1S/C20H20ClNO5/c1-3-26-18-11-15(10-17(20(24)25)22-13(2)23)9-16(21)19(18)27-12-14-7-5-4-6-8-14/h4-11H,3,12H2,1-2H3,(H,22,23)(H,24,25)/b17-10+. The third kappa shape index (κ3) is 6.04. The fraction of sp³-hybridized carbons (Fsp3) is 0.200. The van der Waals surface area contributed by atoms with E-state index >= 15 is 0 Å². The molecule has 0 heterocycles. The highest BCUT2D eigenvalue weighted by Crippen LogP contribution is 2.37. The summed E-state index contributed by atoms with van der Waals surface area (Å²) >= 11 is 6.34. The van der Waals surface area contributed by atoms with Gasteiger partial charge >= 0.3 is 5.97 Å². The fourth-order valence-electron chi connectivity index (χ4n) is 2.31. The number of hydrogen-bond acceptors (Lipinski definition) is 4. The van der Waals surface area contributed by atoms with Gasteiger partial charge in [0.15, 0.2) is 11.5 Å². The number of benzene rings is 2. The number of ether oxygens (including phenoxy) is 2. The van der Waals surface area contributed by atoms with Crippen molar-refractivity contribution in [3.63, 3.8) is 0 Å². The van der Waals surface area contributed by atoms with Crippen LogP contribution in [0.3, 0.4) is 0 Å². The molecule has 2 N–H and O–H groups in total. The van der Waals surface area contributed by atoms with Crippen LogP contribution in [-0.4, -0.2) is 23.6 Å². The lowest BCUT2D eigenvalue weighted by Gasteiger charge is -2.15. The van der Waals surface area contributed by atoms with Gasteiger partial charge in [-0.2, -0.15) is 0 Å². The van der Waals surface area contributed by atoms with Crippen LogP contribution in [0.5, 0.6) is 11.5 Å². The predicted molar refractivity (Wildman–Crippen MR) is 103 cm³/mol. The van der Waals surface area contributed by atoms with Crippen LogP contribution < -0.4 is 14.8 Å². The molecule has 6 nitrogen and oxygen atoms in total. The van der Waals surface area contributed by atoms with Gasteiger partial charge in [0.25, 0.3) is 0 Å². The van der Waals surface area contributed by atoms with Gasteiger partial charge in [-0.25, -0.2) is 4.79 Å². The molecule has 0 aliphatic rings. The Hall–Kier alpha value is -2.99. The van der Waals surface area contributed by atoms with Crippen LogP contribution in [0.4, 0.5) is 0 Å². The average molecular weight is 390 g/mol. The zero-order chi connectivity index (χ0) is 19.8. The van der Waals surface area contributed by atoms with Crippen LogP contribution in [0.2, 0.25) is 5.02 Å². The van der Waals surface area contributed by atoms with E-state index in [2.05, 4.69) is 5.32 Å². The maximum absolute atomic E-state index is 11.3. The summed E-state index contributed by atoms with van der Waals surface area (Å²) in [6, 6.07) is 12.8. The van der Waals surface area contributed by atoms with E-state index in [1.165, 1.54) is 13.0 Å². The molecule has 27 heavy (non-hydrogen) atoms. The lowest BCUT2D eigenvalue weighted by Crippen LogP contribution is -2.24. The first-order valence-corrected chi connectivity index (χ1v) is 8.64. The molecule has 0 atom stereocenters. The van der Waals surface area contributed by atoms with Gasteiger partial charge in [-0.05, 0) is 36.3 Å². The van der Waals surface area contributed by atoms with Crippen molar-refractivity contribution in [3.05, 3.63) is 64.3 Å². The molecule has 2 aromatic carbocycles. The van der Waals surface area contributed by atoms with Crippen molar-refractivity contribution >= 4 is 29.6 Å². The summed E-state index contributed by atoms with van der Waals surface area (Å²) in [6.45, 7) is 3.73. The number of carboxylic acids is 1. The van der Waals surface area contributed by atoms with Crippen LogP contribution in [0.25, 0.3) is 6.08 Å². The highest BCUT2D eigenvalue weighted by atomic mass is 35.5. The minimum atomic E-state index is -1.26. The van der Waals surface area contributed by atoms with Gasteiger partial charge in [-0.1, -0.05) is 41.9 Å². The Kier molecular flexibility index (Phi) is 7.25. The molecule has 1 amide bonds. The van der Waals surface area contributed by atoms with Crippen molar-refractivity contribution in [1.29, 1.82) is 0 Å². The lowest BCUT2D eigenvalue weighted by atomic mass is 10.1. The molecule has 0 spiro atoms. The van der Waals surface area contributed by atoms with E-state index in [0.29, 0.717) is 30.3 Å². The number of carbonyl (C=O) groups excluding carboxylic acids is 1. The first kappa shape index (κ1) is 20.3. The zero-order valence-electron chi connectivity index (χ0n) is 15.0. The normalized spacial score (nSPS) is 11.0. The van der Waals surface area contributed by atoms with E-state index in [4.69, 9.17) is 21.1 Å². The monoisotopic (exact) mass is 389 g/mol. The van der Waals surface area contributed by atoms with Gasteiger partial charge in [0.05, 0.1) is 11.6 Å². The number of hydrogen-bond donors (Lipinski definition) is 2. The molecule has 7 heteroatoms. The van der Waals surface area contributed by atoms with E-state index in [9.17, 15) is 14.7 Å². The molecule has 0 fully saturated rings. The van der Waals surface area contributed by atoms with Crippen molar-refractivity contribution in [2.75, 3.05) is 6.61 Å². The molecule has 0 saturated heterocycles. The lowest BCUT2D eigenvalue weighted by molar-refractivity contribution is -0.134. The summed E-state index contributed by atoms with van der Waals surface area (Å²) < 4.78 is 11.4. The first-order valence-electron chi connectivity index (χ1n) is 8.26. The van der Waals surface area contributed by atoms with Crippen molar-refractivity contribution in [1.82, 2.24) is 5.32 Å². The third-order valence-corrected chi connectivity index (χ3v) is 3.69. The minimum Gasteiger partial charge on any atom is -0.490 e. The summed E-state index contributed by atoms with van der Waals surface area (Å²) in [5.41, 5.74) is 1.17. The second-order valence-electron chi connectivity index (χ2n) is 5.58. The van der Waals surface area contributed by atoms with Gasteiger partial charge in [0.2, 0.25) is 5.91 Å². The summed E-state index contributed by atoms with van der Waals surface area (Å²) in [5, 5.41) is 11.8. The van der Waals surface area contributed by atoms with E-state index in [-0.39, 0.29) is 10.7 Å². The number of aliphatic carboxylic acids is 1. The largest absolute Gasteiger partial charge is 0.490 e. The molecule has 0 unspecified atom stereocenters. The topological polar surface area (TPSA) is 84.9 Å². The predicted octanol–water partition coefficient (Wildman–Crippen LogP) is 3.88. The summed E-state index contributed by atoms with van der Waals surface area (Å²) in [7, 11) is 0. The Labute approximate surface area is 162 Å². The van der Waals surface area contributed by atoms with Crippen LogP contribution in [-0.2, 0) is 16.2 Å². The number of amides is 1. The van der Waals surface area contributed by atoms with Gasteiger partial charge < -0.3 is 19.9 Å².